The van der Waals surface area contributed by atoms with Crippen molar-refractivity contribution in [3.05, 3.63) is 30.3 Å². The number of esters is 1. The predicted molar refractivity (Wildman–Crippen MR) is 132 cm³/mol. The second-order valence-corrected chi connectivity index (χ2v) is 9.83. The number of likely N-dealkylation sites (tertiary alicyclic amines) is 1. The van der Waals surface area contributed by atoms with E-state index in [2.05, 4.69) is 15.5 Å². The number of urea groups is 1. The Kier molecular flexibility index (Phi) is 8.98. The van der Waals surface area contributed by atoms with Crippen LogP contribution in [0, 0.1) is 5.92 Å². The molecule has 0 radical (unpaired) electrons. The molecule has 1 aliphatic carbocycles. The van der Waals surface area contributed by atoms with Crippen LogP contribution in [0.15, 0.2) is 30.3 Å². The van der Waals surface area contributed by atoms with Crippen molar-refractivity contribution in [1.82, 2.24) is 15.1 Å². The van der Waals surface area contributed by atoms with E-state index in [1.807, 2.05) is 30.3 Å². The molecule has 1 aromatic carbocycles. The first kappa shape index (κ1) is 25.4. The molecule has 4 rings (SSSR count). The minimum atomic E-state index is -0.358. The summed E-state index contributed by atoms with van der Waals surface area (Å²) in [5, 5.41) is 5.91. The van der Waals surface area contributed by atoms with Gasteiger partial charge in [-0.15, -0.1) is 0 Å². The van der Waals surface area contributed by atoms with Gasteiger partial charge < -0.3 is 25.0 Å². The minimum Gasteiger partial charge on any atom is -0.455 e. The highest BCUT2D eigenvalue weighted by atomic mass is 16.5. The lowest BCUT2D eigenvalue weighted by Crippen LogP contribution is -2.59. The van der Waals surface area contributed by atoms with Crippen LogP contribution in [0.5, 0.6) is 0 Å². The lowest BCUT2D eigenvalue weighted by atomic mass is 9.79. The second kappa shape index (κ2) is 12.4. The van der Waals surface area contributed by atoms with Crippen LogP contribution in [0.2, 0.25) is 0 Å². The Hall–Kier alpha value is -2.65. The summed E-state index contributed by atoms with van der Waals surface area (Å²) in [5.41, 5.74) is 0.725. The van der Waals surface area contributed by atoms with Crippen LogP contribution in [-0.4, -0.2) is 85.8 Å². The van der Waals surface area contributed by atoms with Gasteiger partial charge in [-0.1, -0.05) is 37.5 Å². The predicted octanol–water partition coefficient (Wildman–Crippen LogP) is 2.62. The number of ether oxygens (including phenoxy) is 2. The van der Waals surface area contributed by atoms with Crippen LogP contribution in [-0.2, 0) is 19.1 Å². The van der Waals surface area contributed by atoms with Crippen molar-refractivity contribution in [3.8, 4) is 0 Å². The first-order valence-electron chi connectivity index (χ1n) is 12.9. The molecule has 2 heterocycles. The van der Waals surface area contributed by atoms with E-state index in [0.29, 0.717) is 32.5 Å². The fourth-order valence-corrected chi connectivity index (χ4v) is 5.46. The van der Waals surface area contributed by atoms with Gasteiger partial charge in [0.15, 0.2) is 6.61 Å². The Morgan fingerprint density at radius 2 is 1.66 bits per heavy atom. The largest absolute Gasteiger partial charge is 0.455 e. The summed E-state index contributed by atoms with van der Waals surface area (Å²) < 4.78 is 10.9. The monoisotopic (exact) mass is 486 g/mol. The van der Waals surface area contributed by atoms with E-state index in [1.165, 1.54) is 19.3 Å². The Labute approximate surface area is 207 Å². The summed E-state index contributed by atoms with van der Waals surface area (Å²) >= 11 is 0. The topological polar surface area (TPSA) is 100 Å². The van der Waals surface area contributed by atoms with Crippen molar-refractivity contribution in [2.24, 2.45) is 5.92 Å². The van der Waals surface area contributed by atoms with E-state index in [1.54, 1.807) is 4.90 Å². The highest BCUT2D eigenvalue weighted by Crippen LogP contribution is 2.33. The number of amides is 3. The summed E-state index contributed by atoms with van der Waals surface area (Å²) in [7, 11) is 0. The van der Waals surface area contributed by atoms with Gasteiger partial charge in [0.1, 0.15) is 0 Å². The molecule has 0 spiro atoms. The van der Waals surface area contributed by atoms with Crippen LogP contribution >= 0.6 is 0 Å². The number of morpholine rings is 1. The van der Waals surface area contributed by atoms with Crippen LogP contribution in [0.1, 0.15) is 44.9 Å². The summed E-state index contributed by atoms with van der Waals surface area (Å²) in [6.07, 6.45) is 6.79. The molecule has 1 saturated carbocycles. The highest BCUT2D eigenvalue weighted by Gasteiger charge is 2.39. The first-order valence-corrected chi connectivity index (χ1v) is 12.9. The standard InChI is InChI=1S/C26H38N4O5/c31-23(27-20-26(11-5-2-6-12-26)30-15-17-34-18-16-30)19-35-24(32)21-9-13-29(14-10-21)25(33)28-22-7-3-1-4-8-22/h1,3-4,7-8,21H,2,5-6,9-20H2,(H,27,31)(H,28,33). The summed E-state index contributed by atoms with van der Waals surface area (Å²) in [6.45, 7) is 4.55. The van der Waals surface area contributed by atoms with Crippen molar-refractivity contribution < 1.29 is 23.9 Å². The maximum atomic E-state index is 12.5. The van der Waals surface area contributed by atoms with Crippen LogP contribution in [0.25, 0.3) is 0 Å². The molecule has 3 aliphatic rings. The van der Waals surface area contributed by atoms with Crippen LogP contribution in [0.3, 0.4) is 0 Å². The van der Waals surface area contributed by atoms with Crippen LogP contribution < -0.4 is 10.6 Å². The number of piperidine rings is 1. The van der Waals surface area contributed by atoms with Gasteiger partial charge in [0.05, 0.1) is 19.1 Å². The Bertz CT molecular complexity index is 845. The van der Waals surface area contributed by atoms with Gasteiger partial charge in [-0.2, -0.15) is 0 Å². The van der Waals surface area contributed by atoms with E-state index in [9.17, 15) is 14.4 Å². The average molecular weight is 487 g/mol. The molecule has 3 amide bonds. The van der Waals surface area contributed by atoms with Gasteiger partial charge in [0, 0.05) is 44.0 Å². The molecule has 1 aromatic rings. The van der Waals surface area contributed by atoms with E-state index in [0.717, 1.165) is 44.8 Å². The average Bonchev–Trinajstić information content (AvgIpc) is 2.92. The Morgan fingerprint density at radius 3 is 2.34 bits per heavy atom. The number of anilines is 1. The summed E-state index contributed by atoms with van der Waals surface area (Å²) in [4.78, 5) is 41.7. The maximum absolute atomic E-state index is 12.5. The number of hydrogen-bond donors (Lipinski definition) is 2. The normalized spacial score (nSPS) is 21.2. The Balaban J connectivity index is 1.17. The molecule has 9 heteroatoms. The van der Waals surface area contributed by atoms with Crippen LogP contribution in [0.4, 0.5) is 10.5 Å². The van der Waals surface area contributed by atoms with E-state index < -0.39 is 0 Å². The third kappa shape index (κ3) is 6.95. The lowest BCUT2D eigenvalue weighted by Gasteiger charge is -2.48. The third-order valence-electron chi connectivity index (χ3n) is 7.57. The van der Waals surface area contributed by atoms with E-state index in [-0.39, 0.29) is 36.0 Å². The van der Waals surface area contributed by atoms with Crippen molar-refractivity contribution >= 4 is 23.6 Å². The molecule has 9 nitrogen and oxygen atoms in total. The molecule has 2 saturated heterocycles. The number of carbonyl (C=O) groups excluding carboxylic acids is 3. The number of nitrogens with one attached hydrogen (secondary N) is 2. The zero-order valence-corrected chi connectivity index (χ0v) is 20.5. The van der Waals surface area contributed by atoms with E-state index in [4.69, 9.17) is 9.47 Å². The number of hydrogen-bond acceptors (Lipinski definition) is 6. The third-order valence-corrected chi connectivity index (χ3v) is 7.57. The lowest BCUT2D eigenvalue weighted by molar-refractivity contribution is -0.154. The van der Waals surface area contributed by atoms with Gasteiger partial charge in [-0.3, -0.25) is 14.5 Å². The molecule has 0 aromatic heterocycles. The van der Waals surface area contributed by atoms with Gasteiger partial charge in [-0.05, 0) is 37.8 Å². The molecule has 192 valence electrons. The second-order valence-electron chi connectivity index (χ2n) is 9.83. The molecular weight excluding hydrogens is 448 g/mol. The quantitative estimate of drug-likeness (QED) is 0.575. The van der Waals surface area contributed by atoms with Gasteiger partial charge in [0.25, 0.3) is 5.91 Å². The number of para-hydroxylation sites is 1. The van der Waals surface area contributed by atoms with Crippen molar-refractivity contribution in [1.29, 1.82) is 0 Å². The first-order chi connectivity index (χ1) is 17.1. The van der Waals surface area contributed by atoms with Gasteiger partial charge >= 0.3 is 12.0 Å². The number of benzene rings is 1. The highest BCUT2D eigenvalue weighted by molar-refractivity contribution is 5.89. The summed E-state index contributed by atoms with van der Waals surface area (Å²) in [5.74, 6) is -0.901. The zero-order chi connectivity index (χ0) is 24.5. The van der Waals surface area contributed by atoms with Gasteiger partial charge in [0.2, 0.25) is 0 Å². The smallest absolute Gasteiger partial charge is 0.321 e. The molecule has 2 N–H and O–H groups in total. The SMILES string of the molecule is O=C(COC(=O)C1CCN(C(=O)Nc2ccccc2)CC1)NCC1(N2CCOCC2)CCCCC1. The molecule has 2 aliphatic heterocycles. The number of nitrogens with zero attached hydrogens (tertiary/aromatic N) is 2. The minimum absolute atomic E-state index is 0.0190. The Morgan fingerprint density at radius 1 is 0.971 bits per heavy atom. The number of rotatable bonds is 7. The molecule has 0 bridgehead atoms. The van der Waals surface area contributed by atoms with Crippen molar-refractivity contribution in [3.63, 3.8) is 0 Å². The van der Waals surface area contributed by atoms with Crippen molar-refractivity contribution in [2.45, 2.75) is 50.5 Å². The fourth-order valence-electron chi connectivity index (χ4n) is 5.46. The number of carbonyl (C=O) groups is 3. The molecule has 0 unspecified atom stereocenters. The van der Waals surface area contributed by atoms with E-state index >= 15 is 0 Å². The summed E-state index contributed by atoms with van der Waals surface area (Å²) in [6, 6.07) is 9.13. The fraction of sp³-hybridized carbons (Fsp3) is 0.654. The molecular formula is C26H38N4O5. The molecule has 35 heavy (non-hydrogen) atoms. The van der Waals surface area contributed by atoms with Gasteiger partial charge in [-0.25, -0.2) is 4.79 Å². The van der Waals surface area contributed by atoms with Crippen molar-refractivity contribution in [2.75, 3.05) is 57.9 Å². The molecule has 0 atom stereocenters. The molecule has 3 fully saturated rings. The maximum Gasteiger partial charge on any atom is 0.321 e. The zero-order valence-electron chi connectivity index (χ0n) is 20.5.